The van der Waals surface area contributed by atoms with E-state index >= 15 is 0 Å². The number of aromatic nitrogens is 1. The van der Waals surface area contributed by atoms with E-state index in [4.69, 9.17) is 5.73 Å². The first-order valence-corrected chi connectivity index (χ1v) is 11.7. The molecule has 0 radical (unpaired) electrons. The van der Waals surface area contributed by atoms with Crippen LogP contribution in [0.2, 0.25) is 0 Å². The van der Waals surface area contributed by atoms with Crippen molar-refractivity contribution in [2.24, 2.45) is 11.7 Å². The van der Waals surface area contributed by atoms with Crippen LogP contribution < -0.4 is 27.2 Å². The zero-order chi connectivity index (χ0) is 26.4. The van der Waals surface area contributed by atoms with E-state index in [1.807, 2.05) is 0 Å². The predicted molar refractivity (Wildman–Crippen MR) is 132 cm³/mol. The van der Waals surface area contributed by atoms with E-state index in [1.54, 1.807) is 6.07 Å². The Bertz CT molecular complexity index is 952. The van der Waals surface area contributed by atoms with Gasteiger partial charge in [0.05, 0.1) is 13.2 Å². The molecular formula is C24H37N5O6. The summed E-state index contributed by atoms with van der Waals surface area (Å²) in [6, 6.07) is 1.11. The maximum atomic E-state index is 12.9. The fourth-order valence-corrected chi connectivity index (χ4v) is 3.10. The lowest BCUT2D eigenvalue weighted by molar-refractivity contribution is -0.134. The van der Waals surface area contributed by atoms with Crippen LogP contribution in [0.5, 0.6) is 0 Å². The van der Waals surface area contributed by atoms with E-state index in [-0.39, 0.29) is 31.0 Å². The fraction of sp³-hybridized carbons (Fsp3) is 0.542. The van der Waals surface area contributed by atoms with Gasteiger partial charge in [0.15, 0.2) is 0 Å². The van der Waals surface area contributed by atoms with E-state index in [0.717, 1.165) is 12.8 Å². The van der Waals surface area contributed by atoms with Gasteiger partial charge in [0.2, 0.25) is 17.7 Å². The molecule has 5 N–H and O–H groups in total. The topological polar surface area (TPSA) is 162 Å². The van der Waals surface area contributed by atoms with Gasteiger partial charge in [0.25, 0.3) is 5.56 Å². The van der Waals surface area contributed by atoms with Crippen molar-refractivity contribution in [2.45, 2.75) is 65.1 Å². The van der Waals surface area contributed by atoms with Gasteiger partial charge in [-0.1, -0.05) is 32.8 Å². The van der Waals surface area contributed by atoms with Crippen LogP contribution in [0.25, 0.3) is 0 Å². The second kappa shape index (κ2) is 15.4. The number of hydrogen-bond donors (Lipinski definition) is 4. The summed E-state index contributed by atoms with van der Waals surface area (Å²) in [6.45, 7) is 5.92. The summed E-state index contributed by atoms with van der Waals surface area (Å²) in [4.78, 5) is 61.3. The first-order chi connectivity index (χ1) is 16.6. The second-order valence-electron chi connectivity index (χ2n) is 8.18. The Hall–Kier alpha value is -3.47. The summed E-state index contributed by atoms with van der Waals surface area (Å²) in [5.74, 6) is -1.64. The number of rotatable bonds is 14. The standard InChI is InChI=1S/C24H37N5O6/c1-5-17(6-2)14-26-20(30)15-29-13-9-11-19(24(29)34)28-23(33)18(27-22(32)16(3)25)10-7-8-12-21(31)35-4/h8-9,11-13,16-18H,5-7,10,14-15,25H2,1-4H3,(H,26,30)(H,27,32)(H,28,33)/t16?,18-/m0/s1. The van der Waals surface area contributed by atoms with Gasteiger partial charge in [-0.25, -0.2) is 4.79 Å². The van der Waals surface area contributed by atoms with E-state index in [0.29, 0.717) is 12.5 Å². The second-order valence-corrected chi connectivity index (χ2v) is 8.18. The third kappa shape index (κ3) is 10.6. The van der Waals surface area contributed by atoms with Crippen molar-refractivity contribution in [3.63, 3.8) is 0 Å². The maximum Gasteiger partial charge on any atom is 0.330 e. The van der Waals surface area contributed by atoms with Gasteiger partial charge in [-0.3, -0.25) is 19.2 Å². The van der Waals surface area contributed by atoms with Crippen LogP contribution in [-0.2, 0) is 30.5 Å². The number of nitrogens with two attached hydrogens (primary N) is 1. The highest BCUT2D eigenvalue weighted by Gasteiger charge is 2.23. The van der Waals surface area contributed by atoms with Gasteiger partial charge in [-0.15, -0.1) is 0 Å². The molecule has 11 heteroatoms. The minimum Gasteiger partial charge on any atom is -0.466 e. The summed E-state index contributed by atoms with van der Waals surface area (Å²) in [6.07, 6.45) is 6.50. The van der Waals surface area contributed by atoms with E-state index in [2.05, 4.69) is 34.5 Å². The molecule has 1 heterocycles. The third-order valence-electron chi connectivity index (χ3n) is 5.46. The quantitative estimate of drug-likeness (QED) is 0.220. The molecule has 0 bridgehead atoms. The number of esters is 1. The van der Waals surface area contributed by atoms with Crippen LogP contribution in [0.3, 0.4) is 0 Å². The molecule has 35 heavy (non-hydrogen) atoms. The number of allylic oxidation sites excluding steroid dienone is 1. The van der Waals surface area contributed by atoms with Gasteiger partial charge < -0.3 is 31.0 Å². The third-order valence-corrected chi connectivity index (χ3v) is 5.46. The number of hydrogen-bond acceptors (Lipinski definition) is 7. The van der Waals surface area contributed by atoms with Crippen molar-refractivity contribution in [2.75, 3.05) is 19.0 Å². The zero-order valence-electron chi connectivity index (χ0n) is 20.8. The average Bonchev–Trinajstić information content (AvgIpc) is 2.83. The highest BCUT2D eigenvalue weighted by molar-refractivity contribution is 5.97. The van der Waals surface area contributed by atoms with Gasteiger partial charge >= 0.3 is 5.97 Å². The van der Waals surface area contributed by atoms with Crippen molar-refractivity contribution in [1.29, 1.82) is 0 Å². The molecule has 2 atom stereocenters. The smallest absolute Gasteiger partial charge is 0.330 e. The summed E-state index contributed by atoms with van der Waals surface area (Å²) in [7, 11) is 1.25. The Labute approximate surface area is 205 Å². The molecule has 1 aromatic rings. The molecule has 1 aromatic heterocycles. The van der Waals surface area contributed by atoms with Gasteiger partial charge in [0.1, 0.15) is 18.3 Å². The van der Waals surface area contributed by atoms with Crippen molar-refractivity contribution >= 4 is 29.4 Å². The number of methoxy groups -OCH3 is 1. The highest BCUT2D eigenvalue weighted by Crippen LogP contribution is 2.07. The number of carbonyl (C=O) groups excluding carboxylic acids is 4. The van der Waals surface area contributed by atoms with Crippen LogP contribution in [0.1, 0.15) is 46.5 Å². The van der Waals surface area contributed by atoms with Crippen molar-refractivity contribution in [1.82, 2.24) is 15.2 Å². The SMILES string of the molecule is CCC(CC)CNC(=O)Cn1cccc(NC(=O)[C@H](CCC=CC(=O)OC)NC(=O)C(C)N)c1=O. The molecule has 1 unspecified atom stereocenters. The molecule has 3 amide bonds. The minimum atomic E-state index is -1.01. The zero-order valence-corrected chi connectivity index (χ0v) is 20.8. The highest BCUT2D eigenvalue weighted by atomic mass is 16.5. The van der Waals surface area contributed by atoms with Crippen LogP contribution in [0.15, 0.2) is 35.3 Å². The molecule has 194 valence electrons. The van der Waals surface area contributed by atoms with E-state index in [1.165, 1.54) is 43.0 Å². The molecular weight excluding hydrogens is 454 g/mol. The van der Waals surface area contributed by atoms with Crippen LogP contribution in [0, 0.1) is 5.92 Å². The Morgan fingerprint density at radius 1 is 1.17 bits per heavy atom. The number of nitrogens with one attached hydrogen (secondary N) is 3. The number of amides is 3. The molecule has 11 nitrogen and oxygen atoms in total. The Morgan fingerprint density at radius 3 is 2.46 bits per heavy atom. The van der Waals surface area contributed by atoms with E-state index < -0.39 is 35.4 Å². The van der Waals surface area contributed by atoms with Crippen molar-refractivity contribution in [3.05, 3.63) is 40.8 Å². The molecule has 0 saturated carbocycles. The molecule has 0 fully saturated rings. The van der Waals surface area contributed by atoms with Crippen molar-refractivity contribution < 1.29 is 23.9 Å². The molecule has 0 aromatic carbocycles. The lowest BCUT2D eigenvalue weighted by Crippen LogP contribution is -2.49. The lowest BCUT2D eigenvalue weighted by Gasteiger charge is -2.19. The number of anilines is 1. The Kier molecular flexibility index (Phi) is 13.0. The van der Waals surface area contributed by atoms with Gasteiger partial charge in [-0.2, -0.15) is 0 Å². The first kappa shape index (κ1) is 29.6. The molecule has 0 saturated heterocycles. The average molecular weight is 492 g/mol. The largest absolute Gasteiger partial charge is 0.466 e. The molecule has 1 rings (SSSR count). The lowest BCUT2D eigenvalue weighted by atomic mass is 10.0. The van der Waals surface area contributed by atoms with Crippen LogP contribution >= 0.6 is 0 Å². The number of carbonyl (C=O) groups is 4. The van der Waals surface area contributed by atoms with Gasteiger partial charge in [-0.05, 0) is 37.8 Å². The minimum absolute atomic E-state index is 0.0320. The molecule has 0 aliphatic carbocycles. The van der Waals surface area contributed by atoms with Crippen LogP contribution in [-0.4, -0.2) is 54.0 Å². The van der Waals surface area contributed by atoms with Gasteiger partial charge in [0, 0.05) is 18.8 Å². The number of pyridine rings is 1. The number of nitrogens with zero attached hydrogens (tertiary/aromatic N) is 1. The summed E-state index contributed by atoms with van der Waals surface area (Å²) < 4.78 is 5.71. The summed E-state index contributed by atoms with van der Waals surface area (Å²) >= 11 is 0. The number of ether oxygens (including phenoxy) is 1. The normalized spacial score (nSPS) is 12.7. The Morgan fingerprint density at radius 2 is 1.86 bits per heavy atom. The molecule has 0 aliphatic heterocycles. The first-order valence-electron chi connectivity index (χ1n) is 11.7. The maximum absolute atomic E-state index is 12.9. The monoisotopic (exact) mass is 491 g/mol. The summed E-state index contributed by atoms with van der Waals surface area (Å²) in [5.41, 5.74) is 5.00. The van der Waals surface area contributed by atoms with Crippen LogP contribution in [0.4, 0.5) is 5.69 Å². The summed E-state index contributed by atoms with van der Waals surface area (Å²) in [5, 5.41) is 7.89. The predicted octanol–water partition coefficient (Wildman–Crippen LogP) is 0.681. The van der Waals surface area contributed by atoms with E-state index in [9.17, 15) is 24.0 Å². The Balaban J connectivity index is 2.91. The molecule has 0 spiro atoms. The fourth-order valence-electron chi connectivity index (χ4n) is 3.10. The van der Waals surface area contributed by atoms with Crippen molar-refractivity contribution in [3.8, 4) is 0 Å². The molecule has 0 aliphatic rings.